The summed E-state index contributed by atoms with van der Waals surface area (Å²) < 4.78 is 5.56. The maximum Gasteiger partial charge on any atom is 0.240 e. The van der Waals surface area contributed by atoms with Crippen LogP contribution in [0.15, 0.2) is 4.52 Å². The van der Waals surface area contributed by atoms with Gasteiger partial charge in [0, 0.05) is 18.5 Å². The Morgan fingerprint density at radius 2 is 1.74 bits per heavy atom. The second kappa shape index (κ2) is 7.31. The lowest BCUT2D eigenvalue weighted by Crippen LogP contribution is -2.42. The first-order valence-corrected chi connectivity index (χ1v) is 9.67. The van der Waals surface area contributed by atoms with Crippen molar-refractivity contribution in [2.45, 2.75) is 76.3 Å². The van der Waals surface area contributed by atoms with Crippen LogP contribution in [0.2, 0.25) is 0 Å². The third-order valence-electron chi connectivity index (χ3n) is 5.96. The Labute approximate surface area is 139 Å². The van der Waals surface area contributed by atoms with Gasteiger partial charge in [0.1, 0.15) is 0 Å². The van der Waals surface area contributed by atoms with Crippen LogP contribution in [-0.4, -0.2) is 52.2 Å². The van der Waals surface area contributed by atoms with Gasteiger partial charge in [-0.05, 0) is 58.2 Å². The van der Waals surface area contributed by atoms with Gasteiger partial charge in [0.25, 0.3) is 0 Å². The molecule has 3 heterocycles. The van der Waals surface area contributed by atoms with E-state index in [1.165, 1.54) is 84.0 Å². The van der Waals surface area contributed by atoms with Gasteiger partial charge in [-0.25, -0.2) is 0 Å². The summed E-state index contributed by atoms with van der Waals surface area (Å²) in [7, 11) is 0. The third-order valence-corrected chi connectivity index (χ3v) is 5.96. The molecule has 23 heavy (non-hydrogen) atoms. The predicted molar refractivity (Wildman–Crippen MR) is 89.2 cm³/mol. The fourth-order valence-corrected chi connectivity index (χ4v) is 4.61. The third kappa shape index (κ3) is 3.77. The van der Waals surface area contributed by atoms with Crippen molar-refractivity contribution in [2.75, 3.05) is 26.2 Å². The van der Waals surface area contributed by atoms with Crippen LogP contribution >= 0.6 is 0 Å². The van der Waals surface area contributed by atoms with E-state index < -0.39 is 0 Å². The van der Waals surface area contributed by atoms with Gasteiger partial charge in [-0.1, -0.05) is 24.4 Å². The van der Waals surface area contributed by atoms with E-state index in [0.29, 0.717) is 12.0 Å². The van der Waals surface area contributed by atoms with Crippen molar-refractivity contribution in [1.29, 1.82) is 0 Å². The first-order valence-electron chi connectivity index (χ1n) is 9.67. The van der Waals surface area contributed by atoms with Crippen molar-refractivity contribution >= 4 is 0 Å². The van der Waals surface area contributed by atoms with Gasteiger partial charge in [-0.2, -0.15) is 4.98 Å². The van der Waals surface area contributed by atoms with Gasteiger partial charge < -0.3 is 9.42 Å². The lowest BCUT2D eigenvalue weighted by atomic mass is 10.1. The van der Waals surface area contributed by atoms with Crippen LogP contribution in [0.3, 0.4) is 0 Å². The van der Waals surface area contributed by atoms with E-state index in [9.17, 15) is 0 Å². The molecule has 0 amide bonds. The average Bonchev–Trinajstić information content (AvgIpc) is 3.31. The number of nitrogens with zero attached hydrogens (tertiary/aromatic N) is 4. The van der Waals surface area contributed by atoms with Gasteiger partial charge in [-0.15, -0.1) is 0 Å². The normalized spacial score (nSPS) is 27.9. The van der Waals surface area contributed by atoms with E-state index in [1.807, 2.05) is 0 Å². The lowest BCUT2D eigenvalue weighted by molar-refractivity contribution is 0.139. The summed E-state index contributed by atoms with van der Waals surface area (Å²) in [6, 6.07) is 0.676. The summed E-state index contributed by atoms with van der Waals surface area (Å²) in [5.41, 5.74) is 0. The zero-order chi connectivity index (χ0) is 15.5. The van der Waals surface area contributed by atoms with Crippen LogP contribution in [-0.2, 0) is 6.54 Å². The molecule has 2 aliphatic heterocycles. The van der Waals surface area contributed by atoms with Crippen molar-refractivity contribution < 1.29 is 4.52 Å². The highest BCUT2D eigenvalue weighted by Gasteiger charge is 2.29. The molecule has 1 aromatic heterocycles. The molecule has 5 heteroatoms. The van der Waals surface area contributed by atoms with E-state index in [2.05, 4.69) is 15.0 Å². The topological polar surface area (TPSA) is 45.4 Å². The zero-order valence-corrected chi connectivity index (χ0v) is 14.3. The van der Waals surface area contributed by atoms with Crippen LogP contribution < -0.4 is 0 Å². The summed E-state index contributed by atoms with van der Waals surface area (Å²) in [5, 5.41) is 4.26. The standard InChI is InChI=1S/C18H30N4O/c1-4-10-21(11-5-1)13-16-9-6-12-22(16)14-17-19-18(20-23-17)15-7-2-3-8-15/h15-16H,1-14H2. The molecule has 1 saturated carbocycles. The molecule has 128 valence electrons. The molecule has 3 fully saturated rings. The summed E-state index contributed by atoms with van der Waals surface area (Å²) >= 11 is 0. The van der Waals surface area contributed by atoms with E-state index in [0.717, 1.165) is 18.3 Å². The molecular weight excluding hydrogens is 288 g/mol. The van der Waals surface area contributed by atoms with Crippen LogP contribution in [0.5, 0.6) is 0 Å². The Balaban J connectivity index is 1.33. The Morgan fingerprint density at radius 1 is 0.913 bits per heavy atom. The predicted octanol–water partition coefficient (Wildman–Crippen LogP) is 3.18. The largest absolute Gasteiger partial charge is 0.338 e. The van der Waals surface area contributed by atoms with E-state index >= 15 is 0 Å². The van der Waals surface area contributed by atoms with E-state index in [-0.39, 0.29) is 0 Å². The van der Waals surface area contributed by atoms with Gasteiger partial charge in [0.2, 0.25) is 5.89 Å². The Bertz CT molecular complexity index is 491. The van der Waals surface area contributed by atoms with Crippen molar-refractivity contribution in [1.82, 2.24) is 19.9 Å². The molecule has 0 aromatic carbocycles. The Hall–Kier alpha value is -0.940. The second-order valence-corrected chi connectivity index (χ2v) is 7.66. The zero-order valence-electron chi connectivity index (χ0n) is 14.3. The summed E-state index contributed by atoms with van der Waals surface area (Å²) in [6.07, 6.45) is 11.9. The molecule has 1 aromatic rings. The first-order chi connectivity index (χ1) is 11.4. The molecule has 4 rings (SSSR count). The number of aromatic nitrogens is 2. The summed E-state index contributed by atoms with van der Waals surface area (Å²) in [5.74, 6) is 2.34. The SMILES string of the molecule is C1CCN(CC2CCCN2Cc2nc(C3CCCC3)no2)CC1. The Kier molecular flexibility index (Phi) is 4.95. The molecule has 1 atom stereocenters. The Morgan fingerprint density at radius 3 is 2.57 bits per heavy atom. The van der Waals surface area contributed by atoms with E-state index in [1.54, 1.807) is 0 Å². The molecule has 2 saturated heterocycles. The lowest BCUT2D eigenvalue weighted by Gasteiger charge is -2.32. The van der Waals surface area contributed by atoms with Crippen LogP contribution in [0, 0.1) is 0 Å². The average molecular weight is 318 g/mol. The molecule has 5 nitrogen and oxygen atoms in total. The molecule has 0 bridgehead atoms. The van der Waals surface area contributed by atoms with Gasteiger partial charge in [-0.3, -0.25) is 4.90 Å². The van der Waals surface area contributed by atoms with E-state index in [4.69, 9.17) is 9.51 Å². The van der Waals surface area contributed by atoms with Gasteiger partial charge >= 0.3 is 0 Å². The minimum absolute atomic E-state index is 0.551. The maximum absolute atomic E-state index is 5.56. The summed E-state index contributed by atoms with van der Waals surface area (Å²) in [4.78, 5) is 9.93. The monoisotopic (exact) mass is 318 g/mol. The van der Waals surface area contributed by atoms with Crippen molar-refractivity contribution in [3.63, 3.8) is 0 Å². The smallest absolute Gasteiger partial charge is 0.240 e. The molecule has 1 aliphatic carbocycles. The highest BCUT2D eigenvalue weighted by atomic mass is 16.5. The molecule has 0 spiro atoms. The minimum atomic E-state index is 0.551. The highest BCUT2D eigenvalue weighted by molar-refractivity contribution is 4.98. The molecule has 1 unspecified atom stereocenters. The highest BCUT2D eigenvalue weighted by Crippen LogP contribution is 2.32. The molecular formula is C18H30N4O. The maximum atomic E-state index is 5.56. The first kappa shape index (κ1) is 15.6. The van der Waals surface area contributed by atoms with Crippen molar-refractivity contribution in [3.05, 3.63) is 11.7 Å². The minimum Gasteiger partial charge on any atom is -0.338 e. The molecule has 0 N–H and O–H groups in total. The summed E-state index contributed by atoms with van der Waals surface area (Å²) in [6.45, 7) is 5.83. The van der Waals surface area contributed by atoms with Crippen LogP contribution in [0.4, 0.5) is 0 Å². The fraction of sp³-hybridized carbons (Fsp3) is 0.889. The number of rotatable bonds is 5. The van der Waals surface area contributed by atoms with Crippen molar-refractivity contribution in [2.24, 2.45) is 0 Å². The van der Waals surface area contributed by atoms with Crippen molar-refractivity contribution in [3.8, 4) is 0 Å². The van der Waals surface area contributed by atoms with Gasteiger partial charge in [0.15, 0.2) is 5.82 Å². The quantitative estimate of drug-likeness (QED) is 0.834. The number of hydrogen-bond acceptors (Lipinski definition) is 5. The molecule has 0 radical (unpaired) electrons. The number of piperidine rings is 1. The van der Waals surface area contributed by atoms with Crippen LogP contribution in [0.25, 0.3) is 0 Å². The molecule has 3 aliphatic rings. The second-order valence-electron chi connectivity index (χ2n) is 7.66. The van der Waals surface area contributed by atoms with Gasteiger partial charge in [0.05, 0.1) is 6.54 Å². The number of likely N-dealkylation sites (tertiary alicyclic amines) is 2. The fourth-order valence-electron chi connectivity index (χ4n) is 4.61. The van der Waals surface area contributed by atoms with Crippen LogP contribution in [0.1, 0.15) is 75.4 Å². The number of hydrogen-bond donors (Lipinski definition) is 0.